The molecule has 0 aliphatic heterocycles. The van der Waals surface area contributed by atoms with Gasteiger partial charge in [0.15, 0.2) is 6.73 Å². The number of hydrogen-bond acceptors (Lipinski definition) is 5. The fourth-order valence-electron chi connectivity index (χ4n) is 2.68. The lowest BCUT2D eigenvalue weighted by Gasteiger charge is -2.08. The van der Waals surface area contributed by atoms with Crippen LogP contribution in [0.5, 0.6) is 0 Å². The zero-order valence-electron chi connectivity index (χ0n) is 15.0. The number of aryl methyl sites for hydroxylation is 1. The molecule has 7 nitrogen and oxygen atoms in total. The van der Waals surface area contributed by atoms with Crippen LogP contribution in [0.1, 0.15) is 17.0 Å². The minimum Gasteiger partial charge on any atom is -0.373 e. The summed E-state index contributed by atoms with van der Waals surface area (Å²) in [6.45, 7) is 1.76. The summed E-state index contributed by atoms with van der Waals surface area (Å²) in [4.78, 5) is 19.7. The fraction of sp³-hybridized carbons (Fsp3) is 0.200. The molecule has 0 spiro atoms. The van der Waals surface area contributed by atoms with Gasteiger partial charge in [-0.05, 0) is 21.0 Å². The van der Waals surface area contributed by atoms with E-state index in [-0.39, 0.29) is 12.5 Å². The SMILES string of the molecule is Cc1nc([N+](=O)[O-])cn1CON=C(Cc1ccccc1)Cc1ccccc1. The number of nitrogens with zero attached hydrogens (tertiary/aromatic N) is 4. The zero-order chi connectivity index (χ0) is 19.1. The van der Waals surface area contributed by atoms with Gasteiger partial charge >= 0.3 is 5.82 Å². The standard InChI is InChI=1S/C20H20N4O3/c1-16-21-20(24(25)26)14-23(16)15-27-22-19(12-17-8-4-2-5-9-17)13-18-10-6-3-7-11-18/h2-11,14H,12-13,15H2,1H3. The summed E-state index contributed by atoms with van der Waals surface area (Å²) < 4.78 is 1.56. The highest BCUT2D eigenvalue weighted by Crippen LogP contribution is 2.11. The first-order valence-corrected chi connectivity index (χ1v) is 8.55. The Hall–Kier alpha value is -3.48. The lowest BCUT2D eigenvalue weighted by Crippen LogP contribution is -2.10. The van der Waals surface area contributed by atoms with Gasteiger partial charge in [0.2, 0.25) is 5.82 Å². The molecule has 0 amide bonds. The number of nitro groups is 1. The fourth-order valence-corrected chi connectivity index (χ4v) is 2.68. The molecule has 0 aliphatic carbocycles. The van der Waals surface area contributed by atoms with Crippen LogP contribution >= 0.6 is 0 Å². The number of aromatic nitrogens is 2. The van der Waals surface area contributed by atoms with E-state index in [0.29, 0.717) is 18.7 Å². The Bertz CT molecular complexity index is 877. The van der Waals surface area contributed by atoms with Gasteiger partial charge in [-0.3, -0.25) is 4.57 Å². The van der Waals surface area contributed by atoms with Gasteiger partial charge in [0.05, 0.1) is 5.71 Å². The normalized spacial score (nSPS) is 10.4. The van der Waals surface area contributed by atoms with Crippen LogP contribution in [-0.2, 0) is 24.4 Å². The quantitative estimate of drug-likeness (QED) is 0.345. The zero-order valence-corrected chi connectivity index (χ0v) is 15.0. The summed E-state index contributed by atoms with van der Waals surface area (Å²) in [5.74, 6) is 0.304. The van der Waals surface area contributed by atoms with Crippen molar-refractivity contribution in [1.29, 1.82) is 0 Å². The largest absolute Gasteiger partial charge is 0.381 e. The molecule has 27 heavy (non-hydrogen) atoms. The van der Waals surface area contributed by atoms with Crippen LogP contribution in [0, 0.1) is 17.0 Å². The molecular weight excluding hydrogens is 344 g/mol. The average Bonchev–Trinajstić information content (AvgIpc) is 3.04. The lowest BCUT2D eigenvalue weighted by atomic mass is 10.0. The van der Waals surface area contributed by atoms with E-state index in [1.54, 1.807) is 11.5 Å². The van der Waals surface area contributed by atoms with Gasteiger partial charge in [0, 0.05) is 19.8 Å². The highest BCUT2D eigenvalue weighted by Gasteiger charge is 2.15. The second-order valence-corrected chi connectivity index (χ2v) is 6.11. The number of imidazole rings is 1. The molecule has 1 heterocycles. The number of oxime groups is 1. The number of hydrogen-bond donors (Lipinski definition) is 0. The molecule has 2 aromatic carbocycles. The molecule has 0 radical (unpaired) electrons. The summed E-state index contributed by atoms with van der Waals surface area (Å²) in [7, 11) is 0. The van der Waals surface area contributed by atoms with Gasteiger partial charge in [-0.1, -0.05) is 65.8 Å². The Balaban J connectivity index is 1.72. The number of benzene rings is 2. The molecule has 0 N–H and O–H groups in total. The van der Waals surface area contributed by atoms with Gasteiger partial charge in [-0.15, -0.1) is 0 Å². The van der Waals surface area contributed by atoms with Crippen molar-refractivity contribution in [1.82, 2.24) is 9.55 Å². The van der Waals surface area contributed by atoms with Crippen molar-refractivity contribution < 1.29 is 9.76 Å². The monoisotopic (exact) mass is 364 g/mol. The van der Waals surface area contributed by atoms with E-state index in [4.69, 9.17) is 4.84 Å². The van der Waals surface area contributed by atoms with E-state index in [1.165, 1.54) is 6.20 Å². The summed E-state index contributed by atoms with van der Waals surface area (Å²) in [5.41, 5.74) is 3.16. The maximum atomic E-state index is 10.8. The molecule has 1 aromatic heterocycles. The Kier molecular flexibility index (Phi) is 5.94. The summed E-state index contributed by atoms with van der Waals surface area (Å²) in [6.07, 6.45) is 2.68. The first-order chi connectivity index (χ1) is 13.1. The van der Waals surface area contributed by atoms with E-state index in [1.807, 2.05) is 60.7 Å². The summed E-state index contributed by atoms with van der Waals surface area (Å²) in [5, 5.41) is 15.1. The predicted octanol–water partition coefficient (Wildman–Crippen LogP) is 3.92. The number of rotatable bonds is 8. The predicted molar refractivity (Wildman–Crippen MR) is 102 cm³/mol. The average molecular weight is 364 g/mol. The third kappa shape index (κ3) is 5.24. The van der Waals surface area contributed by atoms with E-state index in [9.17, 15) is 10.1 Å². The third-order valence-corrected chi connectivity index (χ3v) is 4.04. The molecule has 0 saturated heterocycles. The third-order valence-electron chi connectivity index (χ3n) is 4.04. The van der Waals surface area contributed by atoms with Gasteiger partial charge < -0.3 is 15.0 Å². The molecule has 0 saturated carbocycles. The lowest BCUT2D eigenvalue weighted by molar-refractivity contribution is -0.389. The van der Waals surface area contributed by atoms with Gasteiger partial charge in [-0.25, -0.2) is 0 Å². The van der Waals surface area contributed by atoms with Crippen molar-refractivity contribution in [2.75, 3.05) is 0 Å². The first kappa shape index (κ1) is 18.3. The van der Waals surface area contributed by atoms with E-state index >= 15 is 0 Å². The maximum Gasteiger partial charge on any atom is 0.381 e. The highest BCUT2D eigenvalue weighted by atomic mass is 16.6. The second kappa shape index (κ2) is 8.75. The van der Waals surface area contributed by atoms with Crippen LogP contribution in [0.25, 0.3) is 0 Å². The van der Waals surface area contributed by atoms with Gasteiger partial charge in [-0.2, -0.15) is 0 Å². The second-order valence-electron chi connectivity index (χ2n) is 6.11. The maximum absolute atomic E-state index is 10.8. The van der Waals surface area contributed by atoms with Crippen LogP contribution in [0.2, 0.25) is 0 Å². The van der Waals surface area contributed by atoms with E-state index in [0.717, 1.165) is 16.8 Å². The minimum absolute atomic E-state index is 0.0692. The van der Waals surface area contributed by atoms with Gasteiger partial charge in [0.25, 0.3) is 0 Å². The van der Waals surface area contributed by atoms with Crippen molar-refractivity contribution in [3.63, 3.8) is 0 Å². The van der Waals surface area contributed by atoms with Crippen LogP contribution in [0.4, 0.5) is 5.82 Å². The van der Waals surface area contributed by atoms with E-state index in [2.05, 4.69) is 10.1 Å². The van der Waals surface area contributed by atoms with Crippen molar-refractivity contribution in [2.24, 2.45) is 5.16 Å². The van der Waals surface area contributed by atoms with Crippen LogP contribution in [0.15, 0.2) is 72.0 Å². The Morgan fingerprint density at radius 1 is 1.07 bits per heavy atom. The molecule has 3 rings (SSSR count). The molecular formula is C20H20N4O3. The topological polar surface area (TPSA) is 82.5 Å². The van der Waals surface area contributed by atoms with Crippen molar-refractivity contribution >= 4 is 11.5 Å². The smallest absolute Gasteiger partial charge is 0.373 e. The Morgan fingerprint density at radius 2 is 1.63 bits per heavy atom. The van der Waals surface area contributed by atoms with Crippen molar-refractivity contribution in [3.05, 3.63) is 93.9 Å². The molecule has 3 aromatic rings. The summed E-state index contributed by atoms with van der Waals surface area (Å²) >= 11 is 0. The molecule has 138 valence electrons. The van der Waals surface area contributed by atoms with Gasteiger partial charge in [0.1, 0.15) is 6.20 Å². The Morgan fingerprint density at radius 3 is 2.11 bits per heavy atom. The molecule has 0 fully saturated rings. The molecule has 0 atom stereocenters. The van der Waals surface area contributed by atoms with Crippen LogP contribution < -0.4 is 0 Å². The molecule has 0 aliphatic rings. The summed E-state index contributed by atoms with van der Waals surface area (Å²) in [6, 6.07) is 20.1. The van der Waals surface area contributed by atoms with Crippen molar-refractivity contribution in [2.45, 2.75) is 26.5 Å². The molecule has 0 unspecified atom stereocenters. The van der Waals surface area contributed by atoms with Crippen LogP contribution in [0.3, 0.4) is 0 Å². The molecule has 0 bridgehead atoms. The van der Waals surface area contributed by atoms with E-state index < -0.39 is 4.92 Å². The van der Waals surface area contributed by atoms with Crippen molar-refractivity contribution in [3.8, 4) is 0 Å². The Labute approximate surface area is 157 Å². The highest BCUT2D eigenvalue weighted by molar-refractivity contribution is 5.88. The van der Waals surface area contributed by atoms with Crippen LogP contribution in [-0.4, -0.2) is 20.2 Å². The molecule has 7 heteroatoms. The minimum atomic E-state index is -0.525. The first-order valence-electron chi connectivity index (χ1n) is 8.55.